The number of rotatable bonds is 4. The lowest BCUT2D eigenvalue weighted by atomic mass is 9.87. The fourth-order valence-electron chi connectivity index (χ4n) is 2.98. The number of aromatic nitrogens is 2. The zero-order valence-electron chi connectivity index (χ0n) is 13.1. The minimum atomic E-state index is -0.915. The summed E-state index contributed by atoms with van der Waals surface area (Å²) in [7, 11) is 0. The number of likely N-dealkylation sites (tertiary alicyclic amines) is 1. The second-order valence-electron chi connectivity index (χ2n) is 5.99. The number of carbonyl (C=O) groups is 1. The predicted molar refractivity (Wildman–Crippen MR) is 86.5 cm³/mol. The van der Waals surface area contributed by atoms with Crippen LogP contribution >= 0.6 is 0 Å². The lowest BCUT2D eigenvalue weighted by Crippen LogP contribution is -2.45. The summed E-state index contributed by atoms with van der Waals surface area (Å²) in [5.74, 6) is 0.136. The number of carbonyl (C=O) groups excluding carboxylic acids is 1. The Balaban J connectivity index is 1.53. The fourth-order valence-corrected chi connectivity index (χ4v) is 2.98. The fraction of sp³-hybridized carbons (Fsp3) is 0.389. The van der Waals surface area contributed by atoms with Gasteiger partial charge >= 0.3 is 0 Å². The number of amides is 1. The Kier molecular flexibility index (Phi) is 4.67. The number of hydrogen-bond donors (Lipinski definition) is 1. The molecule has 0 aromatic carbocycles. The first-order valence-electron chi connectivity index (χ1n) is 7.98. The van der Waals surface area contributed by atoms with E-state index in [4.69, 9.17) is 0 Å². The Morgan fingerprint density at radius 2 is 2.00 bits per heavy atom. The van der Waals surface area contributed by atoms with Gasteiger partial charge in [-0.25, -0.2) is 0 Å². The van der Waals surface area contributed by atoms with E-state index in [1.165, 1.54) is 0 Å². The lowest BCUT2D eigenvalue weighted by Gasteiger charge is -2.37. The molecule has 3 heterocycles. The Morgan fingerprint density at radius 1 is 1.17 bits per heavy atom. The number of pyridine rings is 2. The maximum absolute atomic E-state index is 12.3. The maximum Gasteiger partial charge on any atom is 0.222 e. The van der Waals surface area contributed by atoms with Crippen LogP contribution in [0.25, 0.3) is 0 Å². The van der Waals surface area contributed by atoms with Crippen LogP contribution in [0.4, 0.5) is 0 Å². The van der Waals surface area contributed by atoms with Crippen molar-refractivity contribution in [1.82, 2.24) is 14.9 Å². The molecule has 1 aliphatic rings. The number of hydrogen-bond acceptors (Lipinski definition) is 4. The molecule has 2 aromatic heterocycles. The van der Waals surface area contributed by atoms with Gasteiger partial charge in [0.1, 0.15) is 5.60 Å². The molecule has 2 aromatic rings. The Hall–Kier alpha value is -2.27. The van der Waals surface area contributed by atoms with Gasteiger partial charge in [-0.15, -0.1) is 0 Å². The molecule has 5 nitrogen and oxygen atoms in total. The Bertz CT molecular complexity index is 638. The van der Waals surface area contributed by atoms with E-state index in [1.807, 2.05) is 35.2 Å². The van der Waals surface area contributed by atoms with Gasteiger partial charge in [-0.2, -0.15) is 0 Å². The first-order valence-corrected chi connectivity index (χ1v) is 7.98. The summed E-state index contributed by atoms with van der Waals surface area (Å²) in [6.45, 7) is 1.14. The van der Waals surface area contributed by atoms with E-state index in [0.717, 1.165) is 5.56 Å². The monoisotopic (exact) mass is 311 g/mol. The Morgan fingerprint density at radius 3 is 2.65 bits per heavy atom. The topological polar surface area (TPSA) is 66.3 Å². The predicted octanol–water partition coefficient (Wildman–Crippen LogP) is 1.92. The van der Waals surface area contributed by atoms with Crippen molar-refractivity contribution in [1.29, 1.82) is 0 Å². The van der Waals surface area contributed by atoms with Crippen LogP contribution in [-0.2, 0) is 16.8 Å². The van der Waals surface area contributed by atoms with E-state index in [-0.39, 0.29) is 5.91 Å². The SMILES string of the molecule is O=C(CCc1cccnc1)N1CCC(O)(c2ccccn2)CC1. The first kappa shape index (κ1) is 15.6. The molecule has 0 atom stereocenters. The number of nitrogens with zero attached hydrogens (tertiary/aromatic N) is 3. The number of piperidine rings is 1. The summed E-state index contributed by atoms with van der Waals surface area (Å²) in [5, 5.41) is 10.7. The van der Waals surface area contributed by atoms with Crippen LogP contribution in [-0.4, -0.2) is 39.0 Å². The molecule has 5 heteroatoms. The van der Waals surface area contributed by atoms with Crippen molar-refractivity contribution >= 4 is 5.91 Å². The molecule has 1 amide bonds. The van der Waals surface area contributed by atoms with Crippen LogP contribution in [0.5, 0.6) is 0 Å². The van der Waals surface area contributed by atoms with Crippen LogP contribution in [0.1, 0.15) is 30.5 Å². The highest BCUT2D eigenvalue weighted by molar-refractivity contribution is 5.76. The molecule has 23 heavy (non-hydrogen) atoms. The lowest BCUT2D eigenvalue weighted by molar-refractivity contribution is -0.135. The highest BCUT2D eigenvalue weighted by Crippen LogP contribution is 2.31. The smallest absolute Gasteiger partial charge is 0.222 e. The van der Waals surface area contributed by atoms with Gasteiger partial charge in [0.05, 0.1) is 5.69 Å². The molecule has 1 saturated heterocycles. The summed E-state index contributed by atoms with van der Waals surface area (Å²) in [4.78, 5) is 22.5. The van der Waals surface area contributed by atoms with Crippen molar-refractivity contribution in [2.75, 3.05) is 13.1 Å². The minimum absolute atomic E-state index is 0.136. The van der Waals surface area contributed by atoms with Crippen LogP contribution in [0.15, 0.2) is 48.9 Å². The van der Waals surface area contributed by atoms with Gasteiger partial charge < -0.3 is 10.0 Å². The quantitative estimate of drug-likeness (QED) is 0.937. The summed E-state index contributed by atoms with van der Waals surface area (Å²) in [6.07, 6.45) is 7.46. The summed E-state index contributed by atoms with van der Waals surface area (Å²) >= 11 is 0. The molecule has 3 rings (SSSR count). The molecule has 1 aliphatic heterocycles. The van der Waals surface area contributed by atoms with Crippen LogP contribution in [0.2, 0.25) is 0 Å². The standard InChI is InChI=1S/C18H21N3O2/c22-17(7-6-15-4-3-10-19-14-15)21-12-8-18(23,9-13-21)16-5-1-2-11-20-16/h1-5,10-11,14,23H,6-9,12-13H2. The number of aryl methyl sites for hydroxylation is 1. The minimum Gasteiger partial charge on any atom is -0.383 e. The summed E-state index contributed by atoms with van der Waals surface area (Å²) in [6, 6.07) is 9.43. The van der Waals surface area contributed by atoms with Crippen molar-refractivity contribution in [2.45, 2.75) is 31.3 Å². The molecule has 0 spiro atoms. The van der Waals surface area contributed by atoms with Gasteiger partial charge in [0.2, 0.25) is 5.91 Å². The van der Waals surface area contributed by atoms with Gasteiger partial charge in [-0.05, 0) is 43.0 Å². The zero-order valence-corrected chi connectivity index (χ0v) is 13.1. The molecule has 120 valence electrons. The van der Waals surface area contributed by atoms with Gasteiger partial charge in [-0.3, -0.25) is 14.8 Å². The van der Waals surface area contributed by atoms with Gasteiger partial charge in [0.25, 0.3) is 0 Å². The third kappa shape index (κ3) is 3.74. The third-order valence-corrected chi connectivity index (χ3v) is 4.44. The summed E-state index contributed by atoms with van der Waals surface area (Å²) < 4.78 is 0. The Labute approximate surface area is 136 Å². The van der Waals surface area contributed by atoms with Crippen LogP contribution in [0, 0.1) is 0 Å². The van der Waals surface area contributed by atoms with Gasteiger partial charge in [0, 0.05) is 38.1 Å². The maximum atomic E-state index is 12.3. The molecular weight excluding hydrogens is 290 g/mol. The molecule has 0 unspecified atom stereocenters. The number of aliphatic hydroxyl groups is 1. The summed E-state index contributed by atoms with van der Waals surface area (Å²) in [5.41, 5.74) is 0.854. The molecule has 1 fully saturated rings. The highest BCUT2D eigenvalue weighted by Gasteiger charge is 2.36. The van der Waals surface area contributed by atoms with E-state index in [1.54, 1.807) is 18.6 Å². The van der Waals surface area contributed by atoms with Crippen molar-refractivity contribution in [3.05, 3.63) is 60.2 Å². The van der Waals surface area contributed by atoms with Gasteiger partial charge in [-0.1, -0.05) is 12.1 Å². The molecule has 0 radical (unpaired) electrons. The second kappa shape index (κ2) is 6.87. The van der Waals surface area contributed by atoms with Gasteiger partial charge in [0.15, 0.2) is 0 Å². The second-order valence-corrected chi connectivity index (χ2v) is 5.99. The zero-order chi connectivity index (χ0) is 16.1. The molecule has 0 saturated carbocycles. The van der Waals surface area contributed by atoms with Crippen molar-refractivity contribution < 1.29 is 9.90 Å². The van der Waals surface area contributed by atoms with E-state index < -0.39 is 5.60 Å². The molecule has 1 N–H and O–H groups in total. The van der Waals surface area contributed by atoms with Crippen LogP contribution in [0.3, 0.4) is 0 Å². The van der Waals surface area contributed by atoms with Crippen molar-refractivity contribution in [3.63, 3.8) is 0 Å². The molecule has 0 bridgehead atoms. The van der Waals surface area contributed by atoms with E-state index >= 15 is 0 Å². The highest BCUT2D eigenvalue weighted by atomic mass is 16.3. The van der Waals surface area contributed by atoms with E-state index in [9.17, 15) is 9.90 Å². The molecular formula is C18H21N3O2. The average Bonchev–Trinajstić information content (AvgIpc) is 2.62. The van der Waals surface area contributed by atoms with E-state index in [0.29, 0.717) is 44.5 Å². The average molecular weight is 311 g/mol. The third-order valence-electron chi connectivity index (χ3n) is 4.44. The first-order chi connectivity index (χ1) is 11.2. The van der Waals surface area contributed by atoms with Crippen molar-refractivity contribution in [2.24, 2.45) is 0 Å². The van der Waals surface area contributed by atoms with Crippen molar-refractivity contribution in [3.8, 4) is 0 Å². The normalized spacial score (nSPS) is 17.0. The largest absolute Gasteiger partial charge is 0.383 e. The molecule has 0 aliphatic carbocycles. The van der Waals surface area contributed by atoms with Crippen LogP contribution < -0.4 is 0 Å². The van der Waals surface area contributed by atoms with E-state index in [2.05, 4.69) is 9.97 Å².